The molecule has 1 aromatic rings. The van der Waals surface area contributed by atoms with E-state index in [2.05, 4.69) is 4.72 Å². The van der Waals surface area contributed by atoms with Crippen LogP contribution in [0.1, 0.15) is 27.7 Å². The lowest BCUT2D eigenvalue weighted by Gasteiger charge is -2.32. The summed E-state index contributed by atoms with van der Waals surface area (Å²) in [5, 5.41) is 18.6. The minimum absolute atomic E-state index is 0.136. The summed E-state index contributed by atoms with van der Waals surface area (Å²) in [7, 11) is -4.66. The summed E-state index contributed by atoms with van der Waals surface area (Å²) in [6.45, 7) is 7.11. The van der Waals surface area contributed by atoms with Gasteiger partial charge in [0.1, 0.15) is 10.6 Å². The molecular weight excluding hydrogens is 321 g/mol. The van der Waals surface area contributed by atoms with Gasteiger partial charge in [-0.1, -0.05) is 6.07 Å². The Morgan fingerprint density at radius 1 is 1.17 bits per heavy atom. The van der Waals surface area contributed by atoms with Crippen molar-refractivity contribution in [2.75, 3.05) is 13.2 Å². The maximum atomic E-state index is 12.2. The zero-order chi connectivity index (χ0) is 17.5. The fourth-order valence-electron chi connectivity index (χ4n) is 2.13. The van der Waals surface area contributed by atoms with E-state index in [9.17, 15) is 13.5 Å². The first-order chi connectivity index (χ1) is 10.5. The van der Waals surface area contributed by atoms with E-state index in [1.165, 1.54) is 12.1 Å². The molecule has 9 heteroatoms. The second-order valence-electron chi connectivity index (χ2n) is 6.44. The molecule has 0 saturated carbocycles. The van der Waals surface area contributed by atoms with Crippen LogP contribution in [0.2, 0.25) is 0 Å². The maximum absolute atomic E-state index is 12.2. The number of rotatable bonds is 5. The lowest BCUT2D eigenvalue weighted by Crippen LogP contribution is -2.41. The molecule has 128 valence electrons. The van der Waals surface area contributed by atoms with Gasteiger partial charge < -0.3 is 19.5 Å². The van der Waals surface area contributed by atoms with E-state index in [0.29, 0.717) is 5.46 Å². The number of aliphatic hydroxyl groups excluding tert-OH is 1. The Morgan fingerprint density at radius 2 is 1.74 bits per heavy atom. The molecule has 0 amide bonds. The third-order valence-electron chi connectivity index (χ3n) is 4.20. The van der Waals surface area contributed by atoms with E-state index in [4.69, 9.17) is 14.4 Å². The number of phenolic OH excluding ortho intramolecular Hbond substituents is 1. The van der Waals surface area contributed by atoms with Crippen LogP contribution in [0.25, 0.3) is 0 Å². The lowest BCUT2D eigenvalue weighted by atomic mass is 9.79. The molecule has 0 aromatic heterocycles. The summed E-state index contributed by atoms with van der Waals surface area (Å²) in [5.41, 5.74) is -0.612. The van der Waals surface area contributed by atoms with Crippen LogP contribution in [0.3, 0.4) is 0 Å². The summed E-state index contributed by atoms with van der Waals surface area (Å²) in [5.74, 6) is -0.379. The fourth-order valence-corrected chi connectivity index (χ4v) is 3.28. The van der Waals surface area contributed by atoms with Crippen molar-refractivity contribution in [3.05, 3.63) is 18.2 Å². The largest absolute Gasteiger partial charge is 0.507 e. The molecule has 7 nitrogen and oxygen atoms in total. The van der Waals surface area contributed by atoms with Crippen molar-refractivity contribution in [1.82, 2.24) is 4.72 Å². The quantitative estimate of drug-likeness (QED) is 0.648. The highest BCUT2D eigenvalue weighted by atomic mass is 32.2. The Kier molecular flexibility index (Phi) is 4.80. The number of aromatic hydroxyl groups is 1. The minimum atomic E-state index is -3.93. The third-order valence-corrected chi connectivity index (χ3v) is 5.69. The number of benzene rings is 1. The maximum Gasteiger partial charge on any atom is 0.494 e. The van der Waals surface area contributed by atoms with Gasteiger partial charge in [0.2, 0.25) is 10.0 Å². The van der Waals surface area contributed by atoms with E-state index >= 15 is 0 Å². The number of phenols is 1. The molecule has 0 atom stereocenters. The Labute approximate surface area is 136 Å². The predicted molar refractivity (Wildman–Crippen MR) is 86.1 cm³/mol. The molecule has 1 aromatic carbocycles. The van der Waals surface area contributed by atoms with Crippen LogP contribution >= 0.6 is 0 Å². The monoisotopic (exact) mass is 343 g/mol. The van der Waals surface area contributed by atoms with Crippen LogP contribution in [0, 0.1) is 0 Å². The molecule has 1 aliphatic heterocycles. The van der Waals surface area contributed by atoms with Gasteiger partial charge in [-0.25, -0.2) is 13.1 Å². The average Bonchev–Trinajstić information content (AvgIpc) is 2.65. The molecule has 1 saturated heterocycles. The molecule has 23 heavy (non-hydrogen) atoms. The van der Waals surface area contributed by atoms with Gasteiger partial charge in [0.25, 0.3) is 0 Å². The summed E-state index contributed by atoms with van der Waals surface area (Å²) in [6.07, 6.45) is 0. The SMILES string of the molecule is CC1(C)OB(c2ccc(O)c(S(=O)(=O)NCCO)c2)OC1(C)C. The van der Waals surface area contributed by atoms with Crippen LogP contribution in [-0.2, 0) is 19.3 Å². The van der Waals surface area contributed by atoms with Gasteiger partial charge in [0.05, 0.1) is 17.8 Å². The number of nitrogens with one attached hydrogen (secondary N) is 1. The highest BCUT2D eigenvalue weighted by molar-refractivity contribution is 7.89. The van der Waals surface area contributed by atoms with E-state index in [0.717, 1.165) is 0 Å². The number of aliphatic hydroxyl groups is 1. The van der Waals surface area contributed by atoms with Gasteiger partial charge in [0.15, 0.2) is 0 Å². The van der Waals surface area contributed by atoms with Crippen LogP contribution in [0.15, 0.2) is 23.1 Å². The Bertz CT molecular complexity index is 673. The molecule has 3 N–H and O–H groups in total. The van der Waals surface area contributed by atoms with Gasteiger partial charge in [-0.3, -0.25) is 0 Å². The van der Waals surface area contributed by atoms with Crippen LogP contribution in [0.5, 0.6) is 5.75 Å². The fraction of sp³-hybridized carbons (Fsp3) is 0.571. The molecule has 1 fully saturated rings. The normalized spacial score (nSPS) is 20.0. The van der Waals surface area contributed by atoms with E-state index in [-0.39, 0.29) is 23.8 Å². The van der Waals surface area contributed by atoms with Gasteiger partial charge in [0, 0.05) is 6.54 Å². The number of hydrogen-bond acceptors (Lipinski definition) is 6. The van der Waals surface area contributed by atoms with Crippen molar-refractivity contribution in [3.8, 4) is 5.75 Å². The molecule has 0 spiro atoms. The first-order valence-electron chi connectivity index (χ1n) is 7.29. The van der Waals surface area contributed by atoms with Crippen LogP contribution in [-0.4, -0.2) is 50.1 Å². The zero-order valence-electron chi connectivity index (χ0n) is 13.7. The summed E-state index contributed by atoms with van der Waals surface area (Å²) < 4.78 is 38.3. The van der Waals surface area contributed by atoms with Gasteiger partial charge in [-0.05, 0) is 45.3 Å². The molecule has 1 aliphatic rings. The molecule has 1 heterocycles. The minimum Gasteiger partial charge on any atom is -0.507 e. The van der Waals surface area contributed by atoms with Crippen LogP contribution in [0.4, 0.5) is 0 Å². The second-order valence-corrected chi connectivity index (χ2v) is 8.17. The molecule has 2 rings (SSSR count). The van der Waals surface area contributed by atoms with Crippen molar-refractivity contribution in [3.63, 3.8) is 0 Å². The number of sulfonamides is 1. The van der Waals surface area contributed by atoms with Crippen molar-refractivity contribution >= 4 is 22.6 Å². The molecular formula is C14H22BNO6S. The average molecular weight is 343 g/mol. The second kappa shape index (κ2) is 6.06. The van der Waals surface area contributed by atoms with E-state index in [1.807, 2.05) is 27.7 Å². The topological polar surface area (TPSA) is 105 Å². The highest BCUT2D eigenvalue weighted by Crippen LogP contribution is 2.36. The van der Waals surface area contributed by atoms with Crippen molar-refractivity contribution < 1.29 is 27.9 Å². The number of hydrogen-bond donors (Lipinski definition) is 3. The van der Waals surface area contributed by atoms with Gasteiger partial charge >= 0.3 is 7.12 Å². The Morgan fingerprint density at radius 3 is 2.26 bits per heavy atom. The zero-order valence-corrected chi connectivity index (χ0v) is 14.5. The predicted octanol–water partition coefficient (Wildman–Crippen LogP) is -0.0380. The van der Waals surface area contributed by atoms with Gasteiger partial charge in [-0.15, -0.1) is 0 Å². The summed E-state index contributed by atoms with van der Waals surface area (Å²) in [6, 6.07) is 4.16. The molecule has 0 radical (unpaired) electrons. The standard InChI is InChI=1S/C14H22BNO6S/c1-13(2)14(3,4)22-15(21-13)10-5-6-11(18)12(9-10)23(19,20)16-7-8-17/h5-6,9,16-18H,7-8H2,1-4H3. The Balaban J connectivity index is 2.36. The van der Waals surface area contributed by atoms with Crippen molar-refractivity contribution in [2.45, 2.75) is 43.8 Å². The molecule has 0 aliphatic carbocycles. The van der Waals surface area contributed by atoms with E-state index < -0.39 is 28.3 Å². The highest BCUT2D eigenvalue weighted by Gasteiger charge is 2.51. The van der Waals surface area contributed by atoms with Gasteiger partial charge in [-0.2, -0.15) is 0 Å². The molecule has 0 bridgehead atoms. The Hall–Kier alpha value is -1.13. The smallest absolute Gasteiger partial charge is 0.494 e. The van der Waals surface area contributed by atoms with Crippen molar-refractivity contribution in [2.24, 2.45) is 0 Å². The lowest BCUT2D eigenvalue weighted by molar-refractivity contribution is 0.00578. The first kappa shape index (κ1) is 18.2. The molecule has 0 unspecified atom stereocenters. The summed E-state index contributed by atoms with van der Waals surface area (Å²) >= 11 is 0. The van der Waals surface area contributed by atoms with E-state index in [1.54, 1.807) is 6.07 Å². The third kappa shape index (κ3) is 3.53. The first-order valence-corrected chi connectivity index (χ1v) is 8.77. The van der Waals surface area contributed by atoms with Crippen molar-refractivity contribution in [1.29, 1.82) is 0 Å². The summed E-state index contributed by atoms with van der Waals surface area (Å²) in [4.78, 5) is -0.279. The van der Waals surface area contributed by atoms with Crippen LogP contribution < -0.4 is 10.2 Å².